The molecule has 0 saturated carbocycles. The summed E-state index contributed by atoms with van der Waals surface area (Å²) in [6, 6.07) is 11.5. The van der Waals surface area contributed by atoms with Crippen LogP contribution in [-0.4, -0.2) is 13.2 Å². The van der Waals surface area contributed by atoms with Gasteiger partial charge in [0.25, 0.3) is 0 Å². The summed E-state index contributed by atoms with van der Waals surface area (Å²) in [5.74, 6) is 0.782. The number of ether oxygens (including phenoxy) is 2. The number of nitrogen functional groups attached to an aromatic ring is 1. The van der Waals surface area contributed by atoms with Crippen molar-refractivity contribution in [2.75, 3.05) is 18.9 Å². The van der Waals surface area contributed by atoms with Gasteiger partial charge in [-0.15, -0.1) is 11.3 Å². The van der Waals surface area contributed by atoms with Crippen molar-refractivity contribution in [1.82, 2.24) is 0 Å². The van der Waals surface area contributed by atoms with E-state index in [1.807, 2.05) is 29.6 Å². The molecule has 1 aromatic heterocycles. The first-order chi connectivity index (χ1) is 8.34. The lowest BCUT2D eigenvalue weighted by atomic mass is 10.3. The highest BCUT2D eigenvalue weighted by Crippen LogP contribution is 2.14. The fourth-order valence-electron chi connectivity index (χ4n) is 1.39. The monoisotopic (exact) mass is 249 g/mol. The predicted molar refractivity (Wildman–Crippen MR) is 70.3 cm³/mol. The van der Waals surface area contributed by atoms with Crippen LogP contribution in [0.3, 0.4) is 0 Å². The lowest BCUT2D eigenvalue weighted by Gasteiger charge is -2.07. The molecule has 2 rings (SSSR count). The topological polar surface area (TPSA) is 44.5 Å². The second kappa shape index (κ2) is 6.27. The molecule has 0 aliphatic heterocycles. The zero-order valence-electron chi connectivity index (χ0n) is 9.46. The van der Waals surface area contributed by atoms with Crippen molar-refractivity contribution < 1.29 is 9.47 Å². The Morgan fingerprint density at radius 1 is 1.12 bits per heavy atom. The molecule has 4 heteroatoms. The third-order valence-corrected chi connectivity index (χ3v) is 3.03. The molecule has 3 nitrogen and oxygen atoms in total. The maximum absolute atomic E-state index is 5.64. The minimum atomic E-state index is 0.537. The van der Waals surface area contributed by atoms with Crippen molar-refractivity contribution in [2.45, 2.75) is 6.61 Å². The van der Waals surface area contributed by atoms with Crippen molar-refractivity contribution in [3.05, 3.63) is 46.7 Å². The van der Waals surface area contributed by atoms with E-state index in [9.17, 15) is 0 Å². The molecular formula is C13H15NO2S. The number of hydrogen-bond acceptors (Lipinski definition) is 4. The van der Waals surface area contributed by atoms with E-state index < -0.39 is 0 Å². The Bertz CT molecular complexity index is 442. The van der Waals surface area contributed by atoms with Gasteiger partial charge in [-0.25, -0.2) is 0 Å². The highest BCUT2D eigenvalue weighted by molar-refractivity contribution is 7.09. The summed E-state index contributed by atoms with van der Waals surface area (Å²) in [6.07, 6.45) is 0. The SMILES string of the molecule is Nc1cccc(OCCOCc2cccs2)c1. The van der Waals surface area contributed by atoms with Crippen LogP contribution in [0.5, 0.6) is 5.75 Å². The van der Waals surface area contributed by atoms with Crippen molar-refractivity contribution in [1.29, 1.82) is 0 Å². The molecule has 90 valence electrons. The lowest BCUT2D eigenvalue weighted by molar-refractivity contribution is 0.0905. The smallest absolute Gasteiger partial charge is 0.121 e. The van der Waals surface area contributed by atoms with Gasteiger partial charge >= 0.3 is 0 Å². The molecule has 1 aromatic carbocycles. The van der Waals surface area contributed by atoms with Crippen LogP contribution >= 0.6 is 11.3 Å². The molecule has 1 heterocycles. The molecule has 2 aromatic rings. The predicted octanol–water partition coefficient (Wildman–Crippen LogP) is 2.93. The Balaban J connectivity index is 1.63. The summed E-state index contributed by atoms with van der Waals surface area (Å²) >= 11 is 1.70. The summed E-state index contributed by atoms with van der Waals surface area (Å²) in [6.45, 7) is 1.76. The number of thiophene rings is 1. The van der Waals surface area contributed by atoms with Crippen molar-refractivity contribution >= 4 is 17.0 Å². The number of anilines is 1. The number of rotatable bonds is 6. The van der Waals surface area contributed by atoms with Crippen LogP contribution in [0.1, 0.15) is 4.88 Å². The van der Waals surface area contributed by atoms with Gasteiger partial charge in [-0.3, -0.25) is 0 Å². The molecule has 0 aliphatic rings. The molecule has 0 unspecified atom stereocenters. The van der Waals surface area contributed by atoms with E-state index in [1.165, 1.54) is 4.88 Å². The van der Waals surface area contributed by atoms with E-state index in [2.05, 4.69) is 6.07 Å². The van der Waals surface area contributed by atoms with Crippen molar-refractivity contribution in [2.24, 2.45) is 0 Å². The zero-order chi connectivity index (χ0) is 11.9. The average molecular weight is 249 g/mol. The summed E-state index contributed by atoms with van der Waals surface area (Å²) < 4.78 is 11.0. The Kier molecular flexibility index (Phi) is 4.41. The molecule has 0 amide bonds. The summed E-state index contributed by atoms with van der Waals surface area (Å²) in [5, 5.41) is 2.04. The van der Waals surface area contributed by atoms with Crippen LogP contribution < -0.4 is 10.5 Å². The maximum Gasteiger partial charge on any atom is 0.121 e. The van der Waals surface area contributed by atoms with Crippen LogP contribution in [0.15, 0.2) is 41.8 Å². The van der Waals surface area contributed by atoms with Crippen LogP contribution in [0.2, 0.25) is 0 Å². The number of benzene rings is 1. The minimum absolute atomic E-state index is 0.537. The van der Waals surface area contributed by atoms with Crippen LogP contribution in [-0.2, 0) is 11.3 Å². The standard InChI is InChI=1S/C13H15NO2S/c14-11-3-1-4-12(9-11)16-7-6-15-10-13-5-2-8-17-13/h1-5,8-9H,6-7,10,14H2. The van der Waals surface area contributed by atoms with Gasteiger partial charge < -0.3 is 15.2 Å². The Labute approximate surface area is 105 Å². The van der Waals surface area contributed by atoms with Gasteiger partial charge in [-0.05, 0) is 23.6 Å². The van der Waals surface area contributed by atoms with E-state index in [1.54, 1.807) is 17.4 Å². The highest BCUT2D eigenvalue weighted by atomic mass is 32.1. The van der Waals surface area contributed by atoms with Gasteiger partial charge in [0, 0.05) is 16.6 Å². The molecule has 0 spiro atoms. The van der Waals surface area contributed by atoms with Crippen molar-refractivity contribution in [3.63, 3.8) is 0 Å². The third-order valence-electron chi connectivity index (χ3n) is 2.18. The van der Waals surface area contributed by atoms with Crippen molar-refractivity contribution in [3.8, 4) is 5.75 Å². The Hall–Kier alpha value is -1.52. The maximum atomic E-state index is 5.64. The Morgan fingerprint density at radius 3 is 2.82 bits per heavy atom. The molecule has 0 saturated heterocycles. The quantitative estimate of drug-likeness (QED) is 0.632. The summed E-state index contributed by atoms with van der Waals surface area (Å²) in [7, 11) is 0. The second-order valence-corrected chi connectivity index (χ2v) is 4.59. The molecule has 0 atom stereocenters. The van der Waals surface area contributed by atoms with E-state index >= 15 is 0 Å². The number of nitrogens with two attached hydrogens (primary N) is 1. The lowest BCUT2D eigenvalue weighted by Crippen LogP contribution is -2.06. The molecule has 2 N–H and O–H groups in total. The normalized spacial score (nSPS) is 10.4. The second-order valence-electron chi connectivity index (χ2n) is 3.55. The van der Waals surface area contributed by atoms with Gasteiger partial charge in [-0.1, -0.05) is 12.1 Å². The fourth-order valence-corrected chi connectivity index (χ4v) is 2.03. The van der Waals surface area contributed by atoms with Crippen LogP contribution in [0.25, 0.3) is 0 Å². The zero-order valence-corrected chi connectivity index (χ0v) is 10.3. The molecule has 0 bridgehead atoms. The highest BCUT2D eigenvalue weighted by Gasteiger charge is 1.96. The van der Waals surface area contributed by atoms with Crippen LogP contribution in [0.4, 0.5) is 5.69 Å². The molecule has 0 fully saturated rings. The Morgan fingerprint density at radius 2 is 2.06 bits per heavy atom. The largest absolute Gasteiger partial charge is 0.491 e. The first-order valence-electron chi connectivity index (χ1n) is 5.43. The third kappa shape index (κ3) is 4.09. The first kappa shape index (κ1) is 12.0. The van der Waals surface area contributed by atoms with Gasteiger partial charge in [0.15, 0.2) is 0 Å². The average Bonchev–Trinajstić information content (AvgIpc) is 2.82. The molecule has 0 aliphatic carbocycles. The fraction of sp³-hybridized carbons (Fsp3) is 0.231. The summed E-state index contributed by atoms with van der Waals surface area (Å²) in [4.78, 5) is 1.23. The van der Waals surface area contributed by atoms with Gasteiger partial charge in [0.05, 0.1) is 13.2 Å². The van der Waals surface area contributed by atoms with E-state index in [-0.39, 0.29) is 0 Å². The first-order valence-corrected chi connectivity index (χ1v) is 6.31. The van der Waals surface area contributed by atoms with E-state index in [0.29, 0.717) is 25.5 Å². The minimum Gasteiger partial charge on any atom is -0.491 e. The molecule has 0 radical (unpaired) electrons. The van der Waals surface area contributed by atoms with Gasteiger partial charge in [-0.2, -0.15) is 0 Å². The molecular weight excluding hydrogens is 234 g/mol. The van der Waals surface area contributed by atoms with E-state index in [4.69, 9.17) is 15.2 Å². The van der Waals surface area contributed by atoms with Crippen LogP contribution in [0, 0.1) is 0 Å². The van der Waals surface area contributed by atoms with E-state index in [0.717, 1.165) is 5.75 Å². The summed E-state index contributed by atoms with van der Waals surface area (Å²) in [5.41, 5.74) is 6.35. The molecule has 17 heavy (non-hydrogen) atoms. The number of hydrogen-bond donors (Lipinski definition) is 1. The van der Waals surface area contributed by atoms with Gasteiger partial charge in [0.2, 0.25) is 0 Å². The van der Waals surface area contributed by atoms with Gasteiger partial charge in [0.1, 0.15) is 12.4 Å².